The Labute approximate surface area is 153 Å². The van der Waals surface area contributed by atoms with E-state index in [1.807, 2.05) is 0 Å². The topological polar surface area (TPSA) is 93.9 Å². The van der Waals surface area contributed by atoms with Gasteiger partial charge in [0, 0.05) is 24.6 Å². The molecule has 2 atom stereocenters. The average Bonchev–Trinajstić information content (AvgIpc) is 3.17. The number of carbonyl (C=O) groups excluding carboxylic acids is 2. The number of anilines is 1. The van der Waals surface area contributed by atoms with Crippen LogP contribution in [0.3, 0.4) is 0 Å². The summed E-state index contributed by atoms with van der Waals surface area (Å²) < 4.78 is 10.7. The van der Waals surface area contributed by atoms with Crippen LogP contribution in [0.1, 0.15) is 29.6 Å². The highest BCUT2D eigenvalue weighted by Gasteiger charge is 2.32. The molecule has 7 nitrogen and oxygen atoms in total. The molecule has 0 bridgehead atoms. The Balaban J connectivity index is 1.77. The van der Waals surface area contributed by atoms with Crippen molar-refractivity contribution >= 4 is 17.5 Å². The van der Waals surface area contributed by atoms with Crippen molar-refractivity contribution in [3.8, 4) is 5.75 Å². The maximum absolute atomic E-state index is 12.7. The van der Waals surface area contributed by atoms with Gasteiger partial charge in [-0.15, -0.1) is 0 Å². The summed E-state index contributed by atoms with van der Waals surface area (Å²) in [4.78, 5) is 27.2. The SMILES string of the molecule is COc1ccc(C(=O)N2CCOCC2)cc1NC(=O)[C@@H]1CCC[C@@H]1CN. The summed E-state index contributed by atoms with van der Waals surface area (Å²) >= 11 is 0. The first kappa shape index (κ1) is 18.7. The van der Waals surface area contributed by atoms with Crippen molar-refractivity contribution in [1.82, 2.24) is 4.90 Å². The normalized spacial score (nSPS) is 22.9. The molecule has 3 N–H and O–H groups in total. The summed E-state index contributed by atoms with van der Waals surface area (Å²) in [6, 6.07) is 5.14. The van der Waals surface area contributed by atoms with Gasteiger partial charge in [0.25, 0.3) is 5.91 Å². The molecule has 2 aliphatic rings. The number of morpholine rings is 1. The van der Waals surface area contributed by atoms with Crippen molar-refractivity contribution in [2.75, 3.05) is 45.3 Å². The lowest BCUT2D eigenvalue weighted by Gasteiger charge is -2.27. The van der Waals surface area contributed by atoms with Gasteiger partial charge in [0.1, 0.15) is 5.75 Å². The number of rotatable bonds is 5. The second-order valence-corrected chi connectivity index (χ2v) is 6.84. The molecule has 26 heavy (non-hydrogen) atoms. The molecule has 7 heteroatoms. The van der Waals surface area contributed by atoms with Crippen LogP contribution in [-0.4, -0.2) is 56.7 Å². The van der Waals surface area contributed by atoms with Crippen LogP contribution >= 0.6 is 0 Å². The number of amides is 2. The van der Waals surface area contributed by atoms with Crippen molar-refractivity contribution in [2.45, 2.75) is 19.3 Å². The number of benzene rings is 1. The monoisotopic (exact) mass is 361 g/mol. The van der Waals surface area contributed by atoms with Crippen LogP contribution in [0.15, 0.2) is 18.2 Å². The van der Waals surface area contributed by atoms with Crippen LogP contribution in [-0.2, 0) is 9.53 Å². The van der Waals surface area contributed by atoms with Crippen molar-refractivity contribution in [2.24, 2.45) is 17.6 Å². The van der Waals surface area contributed by atoms with Crippen LogP contribution in [0.4, 0.5) is 5.69 Å². The van der Waals surface area contributed by atoms with Crippen molar-refractivity contribution < 1.29 is 19.1 Å². The minimum absolute atomic E-state index is 0.0489. The quantitative estimate of drug-likeness (QED) is 0.828. The molecule has 1 aliphatic carbocycles. The fourth-order valence-electron chi connectivity index (χ4n) is 3.78. The molecule has 2 amide bonds. The van der Waals surface area contributed by atoms with Crippen molar-refractivity contribution in [3.63, 3.8) is 0 Å². The third kappa shape index (κ3) is 3.99. The van der Waals surface area contributed by atoms with Crippen LogP contribution in [0, 0.1) is 11.8 Å². The molecule has 1 aliphatic heterocycles. The Kier molecular flexibility index (Phi) is 6.11. The number of hydrogen-bond acceptors (Lipinski definition) is 5. The molecule has 0 aromatic heterocycles. The fourth-order valence-corrected chi connectivity index (χ4v) is 3.78. The third-order valence-electron chi connectivity index (χ3n) is 5.30. The van der Waals surface area contributed by atoms with E-state index in [9.17, 15) is 9.59 Å². The third-order valence-corrected chi connectivity index (χ3v) is 5.30. The van der Waals surface area contributed by atoms with Gasteiger partial charge < -0.3 is 25.4 Å². The highest BCUT2D eigenvalue weighted by atomic mass is 16.5. The molecule has 2 fully saturated rings. The molecule has 1 saturated heterocycles. The van der Waals surface area contributed by atoms with Gasteiger partial charge in [0.05, 0.1) is 26.0 Å². The molecule has 3 rings (SSSR count). The van der Waals surface area contributed by atoms with Crippen LogP contribution in [0.5, 0.6) is 5.75 Å². The van der Waals surface area contributed by atoms with Gasteiger partial charge >= 0.3 is 0 Å². The highest BCUT2D eigenvalue weighted by molar-refractivity contribution is 5.99. The molecule has 0 radical (unpaired) electrons. The number of nitrogens with one attached hydrogen (secondary N) is 1. The van der Waals surface area contributed by atoms with E-state index < -0.39 is 0 Å². The Morgan fingerprint density at radius 3 is 2.77 bits per heavy atom. The number of nitrogens with two attached hydrogens (primary N) is 1. The second kappa shape index (κ2) is 8.51. The largest absolute Gasteiger partial charge is 0.495 e. The molecule has 0 unspecified atom stereocenters. The van der Waals surface area contributed by atoms with Gasteiger partial charge in [-0.05, 0) is 43.5 Å². The van der Waals surface area contributed by atoms with Gasteiger partial charge in [-0.25, -0.2) is 0 Å². The molecule has 1 aromatic rings. The fraction of sp³-hybridized carbons (Fsp3) is 0.579. The zero-order valence-electron chi connectivity index (χ0n) is 15.2. The molecule has 1 saturated carbocycles. The minimum Gasteiger partial charge on any atom is -0.495 e. The smallest absolute Gasteiger partial charge is 0.254 e. The predicted octanol–water partition coefficient (Wildman–Crippen LogP) is 1.48. The van der Waals surface area contributed by atoms with E-state index in [0.29, 0.717) is 49.8 Å². The maximum atomic E-state index is 12.7. The Bertz CT molecular complexity index is 658. The molecule has 1 heterocycles. The Morgan fingerprint density at radius 2 is 2.08 bits per heavy atom. The summed E-state index contributed by atoms with van der Waals surface area (Å²) in [5, 5.41) is 2.95. The zero-order valence-corrected chi connectivity index (χ0v) is 15.2. The Morgan fingerprint density at radius 1 is 1.31 bits per heavy atom. The van der Waals surface area contributed by atoms with Crippen LogP contribution in [0.25, 0.3) is 0 Å². The van der Waals surface area contributed by atoms with Crippen LogP contribution < -0.4 is 15.8 Å². The van der Waals surface area contributed by atoms with E-state index in [-0.39, 0.29) is 23.7 Å². The van der Waals surface area contributed by atoms with E-state index in [4.69, 9.17) is 15.2 Å². The lowest BCUT2D eigenvalue weighted by Crippen LogP contribution is -2.40. The number of hydrogen-bond donors (Lipinski definition) is 2. The zero-order chi connectivity index (χ0) is 18.5. The summed E-state index contributed by atoms with van der Waals surface area (Å²) in [6.07, 6.45) is 2.86. The first-order valence-electron chi connectivity index (χ1n) is 9.20. The summed E-state index contributed by atoms with van der Waals surface area (Å²) in [6.45, 7) is 2.77. The molecular weight excluding hydrogens is 334 g/mol. The number of carbonyl (C=O) groups is 2. The van der Waals surface area contributed by atoms with Gasteiger partial charge in [-0.2, -0.15) is 0 Å². The minimum atomic E-state index is -0.0803. The highest BCUT2D eigenvalue weighted by Crippen LogP contribution is 2.33. The number of ether oxygens (including phenoxy) is 2. The van der Waals surface area contributed by atoms with Gasteiger partial charge in [0.15, 0.2) is 0 Å². The van der Waals surface area contributed by atoms with E-state index in [0.717, 1.165) is 19.3 Å². The van der Waals surface area contributed by atoms with E-state index in [2.05, 4.69) is 5.32 Å². The van der Waals surface area contributed by atoms with Crippen molar-refractivity contribution in [1.29, 1.82) is 0 Å². The second-order valence-electron chi connectivity index (χ2n) is 6.84. The first-order chi connectivity index (χ1) is 12.6. The predicted molar refractivity (Wildman–Crippen MR) is 98.2 cm³/mol. The van der Waals surface area contributed by atoms with Crippen molar-refractivity contribution in [3.05, 3.63) is 23.8 Å². The average molecular weight is 361 g/mol. The molecule has 0 spiro atoms. The summed E-state index contributed by atoms with van der Waals surface area (Å²) in [5.74, 6) is 0.570. The van der Waals surface area contributed by atoms with E-state index in [1.54, 1.807) is 30.2 Å². The Hall–Kier alpha value is -2.12. The van der Waals surface area contributed by atoms with Gasteiger partial charge in [0.2, 0.25) is 5.91 Å². The first-order valence-corrected chi connectivity index (χ1v) is 9.20. The maximum Gasteiger partial charge on any atom is 0.254 e. The summed E-state index contributed by atoms with van der Waals surface area (Å²) in [5.41, 5.74) is 6.85. The number of nitrogens with zero attached hydrogens (tertiary/aromatic N) is 1. The molecule has 1 aromatic carbocycles. The van der Waals surface area contributed by atoms with E-state index >= 15 is 0 Å². The molecular formula is C19H27N3O4. The number of methoxy groups -OCH3 is 1. The van der Waals surface area contributed by atoms with Crippen LogP contribution in [0.2, 0.25) is 0 Å². The van der Waals surface area contributed by atoms with Gasteiger partial charge in [-0.1, -0.05) is 6.42 Å². The van der Waals surface area contributed by atoms with E-state index in [1.165, 1.54) is 0 Å². The summed E-state index contributed by atoms with van der Waals surface area (Å²) in [7, 11) is 1.55. The lowest BCUT2D eigenvalue weighted by atomic mass is 9.95. The lowest BCUT2D eigenvalue weighted by molar-refractivity contribution is -0.120. The van der Waals surface area contributed by atoms with Gasteiger partial charge in [-0.3, -0.25) is 9.59 Å². The standard InChI is InChI=1S/C19H27N3O4/c1-25-17-6-5-13(19(24)22-7-9-26-10-8-22)11-16(17)21-18(23)15-4-2-3-14(15)12-20/h5-6,11,14-15H,2-4,7-10,12,20H2,1H3,(H,21,23)/t14-,15-/m1/s1. The molecule has 142 valence electrons.